The van der Waals surface area contributed by atoms with Gasteiger partial charge in [0.1, 0.15) is 12.4 Å². The van der Waals surface area contributed by atoms with E-state index in [4.69, 9.17) is 14.9 Å². The molecule has 0 spiro atoms. The molecule has 0 unspecified atom stereocenters. The maximum atomic E-state index is 13.4. The quantitative estimate of drug-likeness (QED) is 0.807. The van der Waals surface area contributed by atoms with Crippen molar-refractivity contribution in [1.82, 2.24) is 0 Å². The van der Waals surface area contributed by atoms with Crippen LogP contribution in [0.25, 0.3) is 0 Å². The lowest BCUT2D eigenvalue weighted by atomic mass is 10.2. The maximum absolute atomic E-state index is 13.4. The van der Waals surface area contributed by atoms with Crippen LogP contribution in [0.2, 0.25) is 0 Å². The normalized spacial score (nSPS) is 10.6. The Morgan fingerprint density at radius 1 is 1.19 bits per heavy atom. The molecule has 4 heteroatoms. The predicted molar refractivity (Wildman–Crippen MR) is 58.0 cm³/mol. The van der Waals surface area contributed by atoms with Crippen molar-refractivity contribution >= 4 is 5.69 Å². The minimum atomic E-state index is -0.415. The van der Waals surface area contributed by atoms with E-state index in [0.29, 0.717) is 17.9 Å². The van der Waals surface area contributed by atoms with Crippen molar-refractivity contribution < 1.29 is 13.5 Å². The Labute approximate surface area is 92.6 Å². The van der Waals surface area contributed by atoms with Gasteiger partial charge in [0.05, 0.1) is 18.6 Å². The molecule has 16 heavy (non-hydrogen) atoms. The third-order valence-electron chi connectivity index (χ3n) is 2.19. The molecule has 0 radical (unpaired) electrons. The lowest BCUT2D eigenvalue weighted by molar-refractivity contribution is 0.0909. The molecule has 1 heterocycles. The Balaban J connectivity index is 1.92. The Kier molecular flexibility index (Phi) is 3.22. The Morgan fingerprint density at radius 3 is 2.81 bits per heavy atom. The Hall–Kier alpha value is -1.81. The first-order valence-corrected chi connectivity index (χ1v) is 4.90. The number of halogens is 1. The highest BCUT2D eigenvalue weighted by Crippen LogP contribution is 2.16. The van der Waals surface area contributed by atoms with Crippen LogP contribution in [0.15, 0.2) is 41.0 Å². The summed E-state index contributed by atoms with van der Waals surface area (Å²) >= 11 is 0. The molecule has 84 valence electrons. The van der Waals surface area contributed by atoms with Gasteiger partial charge in [0, 0.05) is 5.56 Å². The summed E-state index contributed by atoms with van der Waals surface area (Å²) in [6.45, 7) is 0.499. The van der Waals surface area contributed by atoms with E-state index in [1.165, 1.54) is 6.07 Å². The van der Waals surface area contributed by atoms with Crippen LogP contribution < -0.4 is 5.73 Å². The molecule has 0 fully saturated rings. The smallest absolute Gasteiger partial charge is 0.151 e. The van der Waals surface area contributed by atoms with Crippen molar-refractivity contribution in [3.05, 3.63) is 53.7 Å². The van der Waals surface area contributed by atoms with Crippen molar-refractivity contribution in [1.29, 1.82) is 0 Å². The third-order valence-corrected chi connectivity index (χ3v) is 2.19. The first-order valence-electron chi connectivity index (χ1n) is 4.90. The van der Waals surface area contributed by atoms with Crippen LogP contribution in [0.4, 0.5) is 10.1 Å². The first-order chi connectivity index (χ1) is 7.77. The summed E-state index contributed by atoms with van der Waals surface area (Å²) in [6, 6.07) is 8.44. The number of benzene rings is 1. The average molecular weight is 221 g/mol. The molecule has 0 bridgehead atoms. The largest absolute Gasteiger partial charge is 0.467 e. The highest BCUT2D eigenvalue weighted by Gasteiger charge is 2.05. The van der Waals surface area contributed by atoms with Gasteiger partial charge in [-0.1, -0.05) is 12.1 Å². The molecule has 0 atom stereocenters. The van der Waals surface area contributed by atoms with E-state index in [9.17, 15) is 4.39 Å². The second-order valence-corrected chi connectivity index (χ2v) is 3.39. The number of furan rings is 1. The van der Waals surface area contributed by atoms with Gasteiger partial charge in [-0.2, -0.15) is 0 Å². The fourth-order valence-electron chi connectivity index (χ4n) is 1.37. The standard InChI is InChI=1S/C12H12FNO2/c13-12-9(3-1-5-11(12)14)7-15-8-10-4-2-6-16-10/h1-6H,7-8,14H2. The lowest BCUT2D eigenvalue weighted by Crippen LogP contribution is -1.99. The summed E-state index contributed by atoms with van der Waals surface area (Å²) < 4.78 is 23.8. The highest BCUT2D eigenvalue weighted by molar-refractivity contribution is 5.42. The SMILES string of the molecule is Nc1cccc(COCc2ccco2)c1F. The molecule has 3 nitrogen and oxygen atoms in total. The molecular formula is C12H12FNO2. The monoisotopic (exact) mass is 221 g/mol. The van der Waals surface area contributed by atoms with Crippen molar-refractivity contribution in [2.45, 2.75) is 13.2 Å². The molecule has 0 aliphatic heterocycles. The summed E-state index contributed by atoms with van der Waals surface area (Å²) in [4.78, 5) is 0. The summed E-state index contributed by atoms with van der Waals surface area (Å²) in [5.74, 6) is 0.297. The van der Waals surface area contributed by atoms with Gasteiger partial charge in [0.2, 0.25) is 0 Å². The van der Waals surface area contributed by atoms with Crippen LogP contribution in [-0.4, -0.2) is 0 Å². The molecule has 0 saturated carbocycles. The van der Waals surface area contributed by atoms with Gasteiger partial charge < -0.3 is 14.9 Å². The predicted octanol–water partition coefficient (Wildman–Crippen LogP) is 2.72. The fraction of sp³-hybridized carbons (Fsp3) is 0.167. The molecule has 0 aliphatic rings. The number of hydrogen-bond acceptors (Lipinski definition) is 3. The van der Waals surface area contributed by atoms with Gasteiger partial charge in [-0.25, -0.2) is 4.39 Å². The lowest BCUT2D eigenvalue weighted by Gasteiger charge is -2.05. The van der Waals surface area contributed by atoms with Gasteiger partial charge in [-0.3, -0.25) is 0 Å². The van der Waals surface area contributed by atoms with Crippen molar-refractivity contribution in [2.75, 3.05) is 5.73 Å². The highest BCUT2D eigenvalue weighted by atomic mass is 19.1. The fourth-order valence-corrected chi connectivity index (χ4v) is 1.37. The van der Waals surface area contributed by atoms with Gasteiger partial charge in [0.15, 0.2) is 5.82 Å². The number of ether oxygens (including phenoxy) is 1. The zero-order valence-electron chi connectivity index (χ0n) is 8.65. The topological polar surface area (TPSA) is 48.4 Å². The van der Waals surface area contributed by atoms with Crippen LogP contribution in [-0.2, 0) is 18.0 Å². The van der Waals surface area contributed by atoms with Crippen molar-refractivity contribution in [3.8, 4) is 0 Å². The van der Waals surface area contributed by atoms with Gasteiger partial charge >= 0.3 is 0 Å². The molecule has 0 saturated heterocycles. The molecule has 1 aromatic carbocycles. The Bertz CT molecular complexity index is 454. The molecule has 0 amide bonds. The van der Waals surface area contributed by atoms with E-state index in [2.05, 4.69) is 0 Å². The maximum Gasteiger partial charge on any atom is 0.151 e. The van der Waals surface area contributed by atoms with Gasteiger partial charge in [-0.15, -0.1) is 0 Å². The van der Waals surface area contributed by atoms with Gasteiger partial charge in [-0.05, 0) is 18.2 Å². The molecule has 2 N–H and O–H groups in total. The number of rotatable bonds is 4. The zero-order chi connectivity index (χ0) is 11.4. The van der Waals surface area contributed by atoms with Crippen LogP contribution in [0.3, 0.4) is 0 Å². The van der Waals surface area contributed by atoms with E-state index >= 15 is 0 Å². The van der Waals surface area contributed by atoms with E-state index in [0.717, 1.165) is 0 Å². The minimum absolute atomic E-state index is 0.138. The number of anilines is 1. The summed E-state index contributed by atoms with van der Waals surface area (Å²) in [5, 5.41) is 0. The third kappa shape index (κ3) is 2.41. The van der Waals surface area contributed by atoms with E-state index < -0.39 is 5.82 Å². The average Bonchev–Trinajstić information content (AvgIpc) is 2.77. The van der Waals surface area contributed by atoms with Gasteiger partial charge in [0.25, 0.3) is 0 Å². The van der Waals surface area contributed by atoms with E-state index in [-0.39, 0.29) is 12.3 Å². The van der Waals surface area contributed by atoms with Crippen molar-refractivity contribution in [2.24, 2.45) is 0 Å². The number of nitrogens with two attached hydrogens (primary N) is 1. The number of hydrogen-bond donors (Lipinski definition) is 1. The minimum Gasteiger partial charge on any atom is -0.467 e. The van der Waals surface area contributed by atoms with Crippen LogP contribution in [0.1, 0.15) is 11.3 Å². The molecule has 2 rings (SSSR count). The zero-order valence-corrected chi connectivity index (χ0v) is 8.65. The summed E-state index contributed by atoms with van der Waals surface area (Å²) in [6.07, 6.45) is 1.57. The molecule has 2 aromatic rings. The second-order valence-electron chi connectivity index (χ2n) is 3.39. The second kappa shape index (κ2) is 4.81. The summed E-state index contributed by atoms with van der Waals surface area (Å²) in [5.41, 5.74) is 6.03. The Morgan fingerprint density at radius 2 is 2.06 bits per heavy atom. The van der Waals surface area contributed by atoms with E-state index in [1.54, 1.807) is 30.5 Å². The van der Waals surface area contributed by atoms with Crippen molar-refractivity contribution in [3.63, 3.8) is 0 Å². The molecule has 1 aromatic heterocycles. The van der Waals surface area contributed by atoms with Crippen LogP contribution >= 0.6 is 0 Å². The van der Waals surface area contributed by atoms with E-state index in [1.807, 2.05) is 0 Å². The molecular weight excluding hydrogens is 209 g/mol. The summed E-state index contributed by atoms with van der Waals surface area (Å²) in [7, 11) is 0. The van der Waals surface area contributed by atoms with Crippen LogP contribution in [0, 0.1) is 5.82 Å². The first kappa shape index (κ1) is 10.7. The number of nitrogen functional groups attached to an aromatic ring is 1. The van der Waals surface area contributed by atoms with Crippen LogP contribution in [0.5, 0.6) is 0 Å². The molecule has 0 aliphatic carbocycles.